The fourth-order valence-corrected chi connectivity index (χ4v) is 3.95. The van der Waals surface area contributed by atoms with Gasteiger partial charge in [0.15, 0.2) is 0 Å². The summed E-state index contributed by atoms with van der Waals surface area (Å²) in [4.78, 5) is 33.0. The number of pyridine rings is 1. The van der Waals surface area contributed by atoms with E-state index in [2.05, 4.69) is 10.3 Å². The Morgan fingerprint density at radius 3 is 2.48 bits per heavy atom. The van der Waals surface area contributed by atoms with Crippen LogP contribution in [0.3, 0.4) is 0 Å². The number of thiophene rings is 1. The first-order valence-electron chi connectivity index (χ1n) is 8.54. The molecule has 5 nitrogen and oxygen atoms in total. The van der Waals surface area contributed by atoms with Crippen molar-refractivity contribution in [2.45, 2.75) is 33.6 Å². The average Bonchev–Trinajstić information content (AvgIpc) is 2.95. The first-order valence-corrected chi connectivity index (χ1v) is 9.35. The zero-order valence-electron chi connectivity index (χ0n) is 14.8. The second-order valence-corrected chi connectivity index (χ2v) is 7.88. The number of aryl methyl sites for hydroxylation is 3. The number of rotatable bonds is 3. The number of hydrogen-bond donors (Lipinski definition) is 1. The van der Waals surface area contributed by atoms with Gasteiger partial charge in [-0.25, -0.2) is 4.98 Å². The summed E-state index contributed by atoms with van der Waals surface area (Å²) >= 11 is 1.55. The predicted octanol–water partition coefficient (Wildman–Crippen LogP) is 3.56. The second-order valence-electron chi connectivity index (χ2n) is 6.63. The molecule has 2 amide bonds. The summed E-state index contributed by atoms with van der Waals surface area (Å²) in [6.45, 7) is 7.26. The molecule has 3 heterocycles. The van der Waals surface area contributed by atoms with E-state index in [0.29, 0.717) is 31.7 Å². The third kappa shape index (κ3) is 4.07. The third-order valence-electron chi connectivity index (χ3n) is 4.69. The number of nitrogens with zero attached hydrogens (tertiary/aromatic N) is 2. The lowest BCUT2D eigenvalue weighted by molar-refractivity contribution is -0.121. The highest BCUT2D eigenvalue weighted by Crippen LogP contribution is 2.25. The van der Waals surface area contributed by atoms with Crippen LogP contribution in [0.5, 0.6) is 0 Å². The van der Waals surface area contributed by atoms with Crippen molar-refractivity contribution in [3.8, 4) is 0 Å². The second kappa shape index (κ2) is 7.35. The number of aromatic nitrogens is 1. The molecule has 0 atom stereocenters. The Kier molecular flexibility index (Phi) is 5.18. The molecule has 132 valence electrons. The lowest BCUT2D eigenvalue weighted by Crippen LogP contribution is -2.41. The van der Waals surface area contributed by atoms with E-state index >= 15 is 0 Å². The number of carbonyl (C=O) groups is 2. The lowest BCUT2D eigenvalue weighted by atomic mass is 9.95. The fourth-order valence-electron chi connectivity index (χ4n) is 2.95. The van der Waals surface area contributed by atoms with Crippen LogP contribution in [0.1, 0.15) is 38.5 Å². The molecular formula is C19H23N3O2S. The van der Waals surface area contributed by atoms with E-state index in [1.165, 1.54) is 4.88 Å². The van der Waals surface area contributed by atoms with Gasteiger partial charge in [-0.2, -0.15) is 0 Å². The minimum Gasteiger partial charge on any atom is -0.338 e. The van der Waals surface area contributed by atoms with Crippen molar-refractivity contribution >= 4 is 29.0 Å². The highest BCUT2D eigenvalue weighted by Gasteiger charge is 2.28. The number of carbonyl (C=O) groups excluding carboxylic acids is 2. The zero-order chi connectivity index (χ0) is 18.0. The van der Waals surface area contributed by atoms with Crippen molar-refractivity contribution in [1.29, 1.82) is 0 Å². The van der Waals surface area contributed by atoms with E-state index in [4.69, 9.17) is 0 Å². The van der Waals surface area contributed by atoms with Crippen molar-refractivity contribution < 1.29 is 9.59 Å². The molecule has 0 unspecified atom stereocenters. The number of hydrogen-bond acceptors (Lipinski definition) is 4. The number of likely N-dealkylation sites (tertiary alicyclic amines) is 1. The molecule has 0 saturated carbocycles. The van der Waals surface area contributed by atoms with Crippen LogP contribution in [-0.2, 0) is 4.79 Å². The van der Waals surface area contributed by atoms with E-state index in [-0.39, 0.29) is 17.7 Å². The van der Waals surface area contributed by atoms with E-state index in [0.717, 1.165) is 16.0 Å². The van der Waals surface area contributed by atoms with Crippen LogP contribution in [0, 0.1) is 26.7 Å². The summed E-state index contributed by atoms with van der Waals surface area (Å²) in [6.07, 6.45) is 3.11. The molecule has 0 bridgehead atoms. The first kappa shape index (κ1) is 17.6. The molecule has 1 saturated heterocycles. The summed E-state index contributed by atoms with van der Waals surface area (Å²) in [7, 11) is 0. The van der Waals surface area contributed by atoms with E-state index < -0.39 is 0 Å². The molecule has 0 aliphatic carbocycles. The molecule has 0 aromatic carbocycles. The maximum Gasteiger partial charge on any atom is 0.263 e. The van der Waals surface area contributed by atoms with Crippen molar-refractivity contribution in [3.05, 3.63) is 45.3 Å². The van der Waals surface area contributed by atoms with Crippen LogP contribution in [0.15, 0.2) is 24.4 Å². The maximum atomic E-state index is 12.6. The Hall–Kier alpha value is -2.21. The molecule has 1 fully saturated rings. The van der Waals surface area contributed by atoms with Crippen LogP contribution in [0.4, 0.5) is 5.82 Å². The Morgan fingerprint density at radius 1 is 1.20 bits per heavy atom. The zero-order valence-corrected chi connectivity index (χ0v) is 15.7. The monoisotopic (exact) mass is 357 g/mol. The average molecular weight is 357 g/mol. The normalized spacial score (nSPS) is 15.2. The molecule has 1 aliphatic heterocycles. The molecule has 3 rings (SSSR count). The molecule has 0 spiro atoms. The highest BCUT2D eigenvalue weighted by atomic mass is 32.1. The van der Waals surface area contributed by atoms with Crippen LogP contribution in [0.2, 0.25) is 0 Å². The van der Waals surface area contributed by atoms with Gasteiger partial charge in [0, 0.05) is 30.1 Å². The van der Waals surface area contributed by atoms with Crippen molar-refractivity contribution in [2.24, 2.45) is 5.92 Å². The van der Waals surface area contributed by atoms with Crippen LogP contribution >= 0.6 is 11.3 Å². The van der Waals surface area contributed by atoms with Gasteiger partial charge in [0.05, 0.1) is 4.88 Å². The Balaban J connectivity index is 1.55. The van der Waals surface area contributed by atoms with Crippen LogP contribution in [-0.4, -0.2) is 34.8 Å². The summed E-state index contributed by atoms with van der Waals surface area (Å²) in [5, 5.41) is 2.87. The molecule has 6 heteroatoms. The van der Waals surface area contributed by atoms with Gasteiger partial charge in [-0.1, -0.05) is 6.07 Å². The molecule has 2 aromatic rings. The van der Waals surface area contributed by atoms with Crippen molar-refractivity contribution in [3.63, 3.8) is 0 Å². The molecule has 25 heavy (non-hydrogen) atoms. The fraction of sp³-hybridized carbons (Fsp3) is 0.421. The molecule has 0 radical (unpaired) electrons. The third-order valence-corrected chi connectivity index (χ3v) is 5.83. The molecule has 1 N–H and O–H groups in total. The lowest BCUT2D eigenvalue weighted by Gasteiger charge is -2.31. The molecular weight excluding hydrogens is 334 g/mol. The van der Waals surface area contributed by atoms with Gasteiger partial charge >= 0.3 is 0 Å². The van der Waals surface area contributed by atoms with Gasteiger partial charge < -0.3 is 10.2 Å². The largest absolute Gasteiger partial charge is 0.338 e. The molecule has 2 aromatic heterocycles. The van der Waals surface area contributed by atoms with Crippen LogP contribution in [0.25, 0.3) is 0 Å². The van der Waals surface area contributed by atoms with Crippen molar-refractivity contribution in [1.82, 2.24) is 9.88 Å². The van der Waals surface area contributed by atoms with E-state index in [9.17, 15) is 9.59 Å². The van der Waals surface area contributed by atoms with Gasteiger partial charge in [0.1, 0.15) is 5.82 Å². The highest BCUT2D eigenvalue weighted by molar-refractivity contribution is 7.14. The number of piperidine rings is 1. The SMILES string of the molecule is Cc1ccc(NC(=O)C2CCN(C(=O)c3cc(C)c(C)s3)CC2)nc1. The Labute approximate surface area is 152 Å². The Morgan fingerprint density at radius 2 is 1.92 bits per heavy atom. The van der Waals surface area contributed by atoms with Crippen molar-refractivity contribution in [2.75, 3.05) is 18.4 Å². The topological polar surface area (TPSA) is 62.3 Å². The number of anilines is 1. The number of nitrogens with one attached hydrogen (secondary N) is 1. The maximum absolute atomic E-state index is 12.6. The standard InChI is InChI=1S/C19H23N3O2S/c1-12-4-5-17(20-11-12)21-18(23)15-6-8-22(9-7-15)19(24)16-10-13(2)14(3)25-16/h4-5,10-11,15H,6-9H2,1-3H3,(H,20,21,23). The quantitative estimate of drug-likeness (QED) is 0.913. The van der Waals surface area contributed by atoms with Gasteiger partial charge in [-0.15, -0.1) is 11.3 Å². The predicted molar refractivity (Wildman–Crippen MR) is 100 cm³/mol. The smallest absolute Gasteiger partial charge is 0.263 e. The van der Waals surface area contributed by atoms with Gasteiger partial charge in [-0.05, 0) is 56.9 Å². The summed E-state index contributed by atoms with van der Waals surface area (Å²) in [5.74, 6) is 0.587. The Bertz CT molecular complexity index is 755. The first-order chi connectivity index (χ1) is 11.9. The van der Waals surface area contributed by atoms with Gasteiger partial charge in [-0.3, -0.25) is 9.59 Å². The molecule has 1 aliphatic rings. The van der Waals surface area contributed by atoms with E-state index in [1.54, 1.807) is 17.5 Å². The minimum atomic E-state index is -0.0704. The van der Waals surface area contributed by atoms with Gasteiger partial charge in [0.2, 0.25) is 5.91 Å². The summed E-state index contributed by atoms with van der Waals surface area (Å²) in [5.41, 5.74) is 2.22. The summed E-state index contributed by atoms with van der Waals surface area (Å²) in [6, 6.07) is 5.70. The van der Waals surface area contributed by atoms with Gasteiger partial charge in [0.25, 0.3) is 5.91 Å². The summed E-state index contributed by atoms with van der Waals surface area (Å²) < 4.78 is 0. The minimum absolute atomic E-state index is 0.00809. The van der Waals surface area contributed by atoms with E-state index in [1.807, 2.05) is 43.9 Å². The number of amides is 2. The van der Waals surface area contributed by atoms with Crippen LogP contribution < -0.4 is 5.32 Å².